The Kier molecular flexibility index (Phi) is 4.08. The molecule has 1 unspecified atom stereocenters. The molecule has 0 aromatic heterocycles. The summed E-state index contributed by atoms with van der Waals surface area (Å²) in [7, 11) is 0. The molecule has 1 atom stereocenters. The molecule has 0 fully saturated rings. The van der Waals surface area contributed by atoms with E-state index in [-0.39, 0.29) is 5.69 Å². The maximum atomic E-state index is 10.6. The van der Waals surface area contributed by atoms with E-state index in [0.717, 1.165) is 12.1 Å². The van der Waals surface area contributed by atoms with Crippen LogP contribution in [0.2, 0.25) is 0 Å². The summed E-state index contributed by atoms with van der Waals surface area (Å²) < 4.78 is 0.501. The normalized spacial score (nSPS) is 12.2. The average molecular weight is 273 g/mol. The van der Waals surface area contributed by atoms with Gasteiger partial charge in [0.25, 0.3) is 5.69 Å². The van der Waals surface area contributed by atoms with Crippen molar-refractivity contribution in [3.05, 3.63) is 32.8 Å². The van der Waals surface area contributed by atoms with Crippen LogP contribution in [0.1, 0.15) is 20.3 Å². The minimum Gasteiger partial charge on any atom is -0.383 e. The van der Waals surface area contributed by atoms with Crippen LogP contribution in [0.25, 0.3) is 0 Å². The Morgan fingerprint density at radius 3 is 2.73 bits per heavy atom. The smallest absolute Gasteiger partial charge is 0.283 e. The van der Waals surface area contributed by atoms with E-state index in [1.54, 1.807) is 12.1 Å². The zero-order valence-electron chi connectivity index (χ0n) is 8.66. The van der Waals surface area contributed by atoms with Gasteiger partial charge in [0.15, 0.2) is 0 Å². The van der Waals surface area contributed by atoms with Crippen LogP contribution in [-0.2, 0) is 0 Å². The Balaban J connectivity index is 2.87. The second-order valence-electron chi connectivity index (χ2n) is 3.38. The lowest BCUT2D eigenvalue weighted by Crippen LogP contribution is -2.13. The molecular weight excluding hydrogens is 260 g/mol. The van der Waals surface area contributed by atoms with E-state index in [2.05, 4.69) is 35.1 Å². The Labute approximate surface area is 97.0 Å². The van der Waals surface area contributed by atoms with Crippen molar-refractivity contribution in [3.63, 3.8) is 0 Å². The molecule has 0 spiro atoms. The fourth-order valence-electron chi connectivity index (χ4n) is 1.13. The number of benzene rings is 1. The van der Waals surface area contributed by atoms with E-state index >= 15 is 0 Å². The molecule has 1 N–H and O–H groups in total. The average Bonchev–Trinajstić information content (AvgIpc) is 2.17. The number of nitrogens with zero attached hydrogens (tertiary/aromatic N) is 1. The van der Waals surface area contributed by atoms with Crippen molar-refractivity contribution in [2.24, 2.45) is 0 Å². The molecule has 0 saturated carbocycles. The van der Waals surface area contributed by atoms with Gasteiger partial charge in [0.1, 0.15) is 0 Å². The van der Waals surface area contributed by atoms with Gasteiger partial charge in [0, 0.05) is 17.8 Å². The Bertz CT molecular complexity index is 368. The fraction of sp³-hybridized carbons (Fsp3) is 0.400. The van der Waals surface area contributed by atoms with Gasteiger partial charge >= 0.3 is 0 Å². The maximum absolute atomic E-state index is 10.6. The summed E-state index contributed by atoms with van der Waals surface area (Å²) in [5, 5.41) is 13.8. The third-order valence-electron chi connectivity index (χ3n) is 2.17. The van der Waals surface area contributed by atoms with Crippen LogP contribution >= 0.6 is 15.9 Å². The Hall–Kier alpha value is -1.10. The summed E-state index contributed by atoms with van der Waals surface area (Å²) in [6, 6.07) is 5.30. The molecule has 0 saturated heterocycles. The number of nitrogens with one attached hydrogen (secondary N) is 1. The molecule has 0 aliphatic heterocycles. The summed E-state index contributed by atoms with van der Waals surface area (Å²) in [6.07, 6.45) is 1.01. The second-order valence-corrected chi connectivity index (χ2v) is 4.23. The quantitative estimate of drug-likeness (QED) is 0.674. The van der Waals surface area contributed by atoms with Crippen molar-refractivity contribution >= 4 is 27.3 Å². The van der Waals surface area contributed by atoms with E-state index in [0.29, 0.717) is 10.5 Å². The molecule has 15 heavy (non-hydrogen) atoms. The van der Waals surface area contributed by atoms with Crippen molar-refractivity contribution in [1.82, 2.24) is 0 Å². The van der Waals surface area contributed by atoms with Gasteiger partial charge in [-0.25, -0.2) is 0 Å². The molecule has 0 heterocycles. The van der Waals surface area contributed by atoms with Gasteiger partial charge < -0.3 is 5.32 Å². The lowest BCUT2D eigenvalue weighted by molar-refractivity contribution is -0.385. The van der Waals surface area contributed by atoms with Gasteiger partial charge in [-0.05, 0) is 41.4 Å². The SMILES string of the molecule is CCC(C)Nc1ccc([N+](=O)[O-])c(Br)c1. The number of hydrogen-bond acceptors (Lipinski definition) is 3. The molecule has 5 heteroatoms. The molecule has 0 aliphatic rings. The lowest BCUT2D eigenvalue weighted by Gasteiger charge is -2.12. The summed E-state index contributed by atoms with van der Waals surface area (Å²) in [6.45, 7) is 4.15. The number of halogens is 1. The largest absolute Gasteiger partial charge is 0.383 e. The molecule has 0 radical (unpaired) electrons. The van der Waals surface area contributed by atoms with Crippen LogP contribution in [0, 0.1) is 10.1 Å². The lowest BCUT2D eigenvalue weighted by atomic mass is 10.2. The van der Waals surface area contributed by atoms with Crippen LogP contribution in [-0.4, -0.2) is 11.0 Å². The number of nitro benzene ring substituents is 1. The third-order valence-corrected chi connectivity index (χ3v) is 2.80. The van der Waals surface area contributed by atoms with Crippen LogP contribution in [0.15, 0.2) is 22.7 Å². The van der Waals surface area contributed by atoms with E-state index < -0.39 is 4.92 Å². The number of anilines is 1. The zero-order chi connectivity index (χ0) is 11.4. The topological polar surface area (TPSA) is 55.2 Å². The standard InChI is InChI=1S/C10H13BrN2O2/c1-3-7(2)12-8-4-5-10(13(14)15)9(11)6-8/h4-7,12H,3H2,1-2H3. The molecule has 1 aromatic rings. The summed E-state index contributed by atoms with van der Waals surface area (Å²) in [5.74, 6) is 0. The van der Waals surface area contributed by atoms with Gasteiger partial charge in [0.2, 0.25) is 0 Å². The van der Waals surface area contributed by atoms with Gasteiger partial charge in [-0.3, -0.25) is 10.1 Å². The van der Waals surface area contributed by atoms with Crippen LogP contribution in [0.3, 0.4) is 0 Å². The van der Waals surface area contributed by atoms with Crippen LogP contribution in [0.5, 0.6) is 0 Å². The van der Waals surface area contributed by atoms with Crippen molar-refractivity contribution in [2.75, 3.05) is 5.32 Å². The third kappa shape index (κ3) is 3.20. The molecule has 82 valence electrons. The minimum absolute atomic E-state index is 0.0877. The predicted molar refractivity (Wildman–Crippen MR) is 64.2 cm³/mol. The minimum atomic E-state index is -0.406. The first kappa shape index (κ1) is 12.0. The van der Waals surface area contributed by atoms with E-state index in [1.165, 1.54) is 6.07 Å². The monoisotopic (exact) mass is 272 g/mol. The Morgan fingerprint density at radius 1 is 1.60 bits per heavy atom. The highest BCUT2D eigenvalue weighted by atomic mass is 79.9. The Morgan fingerprint density at radius 2 is 2.27 bits per heavy atom. The number of hydrogen-bond donors (Lipinski definition) is 1. The van der Waals surface area contributed by atoms with E-state index in [4.69, 9.17) is 0 Å². The van der Waals surface area contributed by atoms with Crippen molar-refractivity contribution in [1.29, 1.82) is 0 Å². The van der Waals surface area contributed by atoms with Gasteiger partial charge in [-0.2, -0.15) is 0 Å². The molecule has 1 rings (SSSR count). The molecular formula is C10H13BrN2O2. The van der Waals surface area contributed by atoms with Gasteiger partial charge in [-0.15, -0.1) is 0 Å². The predicted octanol–water partition coefficient (Wildman–Crippen LogP) is 3.57. The summed E-state index contributed by atoms with van der Waals surface area (Å²) in [5.41, 5.74) is 0.978. The summed E-state index contributed by atoms with van der Waals surface area (Å²) in [4.78, 5) is 10.2. The highest BCUT2D eigenvalue weighted by Gasteiger charge is 2.11. The molecule has 4 nitrogen and oxygen atoms in total. The van der Waals surface area contributed by atoms with Crippen molar-refractivity contribution < 1.29 is 4.92 Å². The highest BCUT2D eigenvalue weighted by Crippen LogP contribution is 2.27. The number of rotatable bonds is 4. The molecule has 0 aliphatic carbocycles. The van der Waals surface area contributed by atoms with Crippen LogP contribution < -0.4 is 5.32 Å². The maximum Gasteiger partial charge on any atom is 0.283 e. The molecule has 0 amide bonds. The first-order chi connectivity index (χ1) is 7.04. The van der Waals surface area contributed by atoms with Crippen molar-refractivity contribution in [3.8, 4) is 0 Å². The first-order valence-corrected chi connectivity index (χ1v) is 5.54. The van der Waals surface area contributed by atoms with Crippen LogP contribution in [0.4, 0.5) is 11.4 Å². The zero-order valence-corrected chi connectivity index (χ0v) is 10.2. The number of nitro groups is 1. The summed E-state index contributed by atoms with van der Waals surface area (Å²) >= 11 is 3.18. The van der Waals surface area contributed by atoms with Gasteiger partial charge in [-0.1, -0.05) is 6.92 Å². The molecule has 0 bridgehead atoms. The second kappa shape index (κ2) is 5.11. The first-order valence-electron chi connectivity index (χ1n) is 4.75. The molecule has 1 aromatic carbocycles. The highest BCUT2D eigenvalue weighted by molar-refractivity contribution is 9.10. The van der Waals surface area contributed by atoms with E-state index in [1.807, 2.05) is 0 Å². The van der Waals surface area contributed by atoms with Gasteiger partial charge in [0.05, 0.1) is 9.40 Å². The fourth-order valence-corrected chi connectivity index (χ4v) is 1.65. The van der Waals surface area contributed by atoms with E-state index in [9.17, 15) is 10.1 Å². The van der Waals surface area contributed by atoms with Crippen molar-refractivity contribution in [2.45, 2.75) is 26.3 Å².